The Kier molecular flexibility index (Phi) is 11.1. The molecule has 0 aliphatic heterocycles. The van der Waals surface area contributed by atoms with Crippen LogP contribution in [-0.4, -0.2) is 35.7 Å². The van der Waals surface area contributed by atoms with Crippen LogP contribution in [0.3, 0.4) is 0 Å². The predicted molar refractivity (Wildman–Crippen MR) is 354 cm³/mol. The van der Waals surface area contributed by atoms with Gasteiger partial charge in [-0.05, 0) is 135 Å². The van der Waals surface area contributed by atoms with Gasteiger partial charge in [0, 0.05) is 60.0 Å². The molecule has 5 aromatic heterocycles. The van der Waals surface area contributed by atoms with E-state index in [9.17, 15) is 0 Å². The molecule has 0 unspecified atom stereocenters. The molecule has 0 saturated heterocycles. The van der Waals surface area contributed by atoms with Crippen LogP contribution in [0.4, 0.5) is 0 Å². The Morgan fingerprint density at radius 3 is 1.32 bits per heavy atom. The lowest BCUT2D eigenvalue weighted by Crippen LogP contribution is -2.55. The Hall–Kier alpha value is -5.83. The van der Waals surface area contributed by atoms with Gasteiger partial charge in [0.15, 0.2) is 5.78 Å². The van der Waals surface area contributed by atoms with Crippen molar-refractivity contribution in [3.05, 3.63) is 148 Å². The van der Waals surface area contributed by atoms with Crippen LogP contribution >= 0.6 is 0 Å². The molecule has 82 heavy (non-hydrogen) atoms. The number of pyridine rings is 1. The lowest BCUT2D eigenvalue weighted by atomic mass is 9.54. The minimum absolute atomic E-state index is 0.0109. The number of aromatic nitrogens is 3. The molecule has 0 amide bonds. The average molecular weight is 1110 g/mol. The van der Waals surface area contributed by atoms with E-state index in [0.29, 0.717) is 33.2 Å². The predicted octanol–water partition coefficient (Wildman–Crippen LogP) is 20.2. The second kappa shape index (κ2) is 17.6. The van der Waals surface area contributed by atoms with Crippen LogP contribution in [0.25, 0.3) is 76.2 Å². The number of benzene rings is 6. The zero-order valence-electron chi connectivity index (χ0n) is 51.2. The molecule has 2 spiro atoms. The summed E-state index contributed by atoms with van der Waals surface area (Å²) in [5.41, 5.74) is 21.7. The minimum atomic E-state index is -2.20. The van der Waals surface area contributed by atoms with Gasteiger partial charge in [0.25, 0.3) is 0 Å². The van der Waals surface area contributed by atoms with E-state index >= 15 is 4.79 Å². The number of carbonyl (C=O) groups excluding carboxylic acids is 1. The van der Waals surface area contributed by atoms with Gasteiger partial charge in [-0.3, -0.25) is 9.78 Å². The first-order valence-corrected chi connectivity index (χ1v) is 37.1. The average Bonchev–Trinajstić information content (AvgIpc) is 3.74. The maximum absolute atomic E-state index is 15.7. The minimum Gasteiger partial charge on any atom is -0.308 e. The van der Waals surface area contributed by atoms with Gasteiger partial charge in [0.1, 0.15) is 0 Å². The van der Waals surface area contributed by atoms with Crippen molar-refractivity contribution in [1.29, 1.82) is 0 Å². The molecule has 6 aliphatic carbocycles. The van der Waals surface area contributed by atoms with Crippen molar-refractivity contribution < 1.29 is 4.79 Å². The highest BCUT2D eigenvalue weighted by Crippen LogP contribution is 2.60. The molecule has 4 nitrogen and oxygen atoms in total. The largest absolute Gasteiger partial charge is 0.308 e. The highest BCUT2D eigenvalue weighted by Gasteiger charge is 2.52. The van der Waals surface area contributed by atoms with E-state index in [2.05, 4.69) is 195 Å². The van der Waals surface area contributed by atoms with Crippen molar-refractivity contribution in [2.24, 2.45) is 0 Å². The van der Waals surface area contributed by atoms with Gasteiger partial charge in [0.2, 0.25) is 0 Å². The van der Waals surface area contributed by atoms with E-state index in [0.717, 1.165) is 16.6 Å². The lowest BCUT2D eigenvalue weighted by molar-refractivity contribution is 0.0974. The molecule has 2 fully saturated rings. The molecule has 6 aromatic carbocycles. The molecule has 17 rings (SSSR count). The van der Waals surface area contributed by atoms with E-state index in [1.165, 1.54) is 170 Å². The maximum Gasteiger partial charge on any atom is 0.175 e. The third kappa shape index (κ3) is 6.25. The number of Topliss-reactive ketones (excluding diaryl/α,β-unsaturated/α-hetero) is 1. The Balaban J connectivity index is 1.08. The maximum atomic E-state index is 15.7. The van der Waals surface area contributed by atoms with Crippen LogP contribution in [0.15, 0.2) is 103 Å². The van der Waals surface area contributed by atoms with Crippen molar-refractivity contribution in [3.63, 3.8) is 0 Å². The van der Waals surface area contributed by atoms with Crippen LogP contribution in [0.2, 0.25) is 33.2 Å². The Morgan fingerprint density at radius 2 is 0.829 bits per heavy atom. The summed E-state index contributed by atoms with van der Waals surface area (Å²) < 4.78 is 5.39. The third-order valence-electron chi connectivity index (χ3n) is 24.7. The topological polar surface area (TPSA) is 38.8 Å². The summed E-state index contributed by atoms with van der Waals surface area (Å²) in [7, 11) is -4.37. The van der Waals surface area contributed by atoms with Gasteiger partial charge in [-0.15, -0.1) is 0 Å². The summed E-state index contributed by atoms with van der Waals surface area (Å²) in [4.78, 5) is 21.7. The number of nitrogens with zero attached hydrogens (tertiary/aromatic N) is 3. The first-order valence-electron chi connectivity index (χ1n) is 32.6. The van der Waals surface area contributed by atoms with Gasteiger partial charge in [0.05, 0.1) is 67.1 Å². The summed E-state index contributed by atoms with van der Waals surface area (Å²) in [5.74, 6) is -0.104. The molecular weight excluding hydrogens is 1030 g/mol. The van der Waals surface area contributed by atoms with Crippen molar-refractivity contribution in [2.75, 3.05) is 0 Å². The summed E-state index contributed by atoms with van der Waals surface area (Å²) >= 11 is 0. The van der Waals surface area contributed by atoms with Crippen LogP contribution < -0.4 is 10.4 Å². The van der Waals surface area contributed by atoms with Crippen molar-refractivity contribution in [2.45, 2.75) is 216 Å². The van der Waals surface area contributed by atoms with Crippen LogP contribution in [0.5, 0.6) is 0 Å². The molecule has 5 heterocycles. The van der Waals surface area contributed by atoms with E-state index in [1.54, 1.807) is 21.3 Å². The SMILES string of the molecule is CC(C)[Si](c1cc2c3cc4c(cc3n3c5cc6c7cc([Si](C(C)C)(C(C)C)C(C)C)cc8c9c%10c(ncc9n(c6cc5c(c1)c23)c78)C1(CCCCC1)CCC%101CCCCC1)C(=O)C1c2ccccc2C4c2ccccc21)(C(C)C)C(C)C. The number of ketones is 1. The molecule has 11 aromatic rings. The third-order valence-corrected chi connectivity index (χ3v) is 38.7. The van der Waals surface area contributed by atoms with Gasteiger partial charge >= 0.3 is 0 Å². The second-order valence-electron chi connectivity index (χ2n) is 29.6. The Bertz CT molecular complexity index is 4400. The van der Waals surface area contributed by atoms with Crippen LogP contribution in [0.1, 0.15) is 221 Å². The molecule has 2 saturated carbocycles. The van der Waals surface area contributed by atoms with Crippen molar-refractivity contribution in [1.82, 2.24) is 13.8 Å². The van der Waals surface area contributed by atoms with E-state index in [1.807, 2.05) is 0 Å². The fraction of sp³-hybridized carbons (Fsp3) is 0.447. The highest BCUT2D eigenvalue weighted by atomic mass is 28.3. The standard InChI is InChI=1S/C76H85N3OSi2/c1-42(2)81(43(3)4,44(5)6)48-33-58-54-37-57-61(73(80)68-52-25-17-15-23-50(52)67(57)51-24-16-18-26-53(51)68)40-65(54)78-63-38-56-60-35-49(82(45(7)8,46(9)10)47(11)12)36-62-69-66(79(72(60)62)64(56)39-55(63)59(34-48)71(58)78)41-77-74-70(69)75(27-19-13-20-28-75)31-32-76(74)29-21-14-22-30-76/h15-18,23-26,33-47,67-68H,13-14,19-22,27-32H2,1-12H3. The smallest absolute Gasteiger partial charge is 0.175 e. The second-order valence-corrected chi connectivity index (χ2v) is 41.4. The van der Waals surface area contributed by atoms with E-state index < -0.39 is 16.1 Å². The summed E-state index contributed by atoms with van der Waals surface area (Å²) in [6, 6.07) is 38.8. The quantitative estimate of drug-likeness (QED) is 0.142. The number of hydrogen-bond donors (Lipinski definition) is 0. The zero-order chi connectivity index (χ0) is 56.4. The first kappa shape index (κ1) is 51.8. The fourth-order valence-electron chi connectivity index (χ4n) is 21.8. The normalized spacial score (nSPS) is 20.0. The summed E-state index contributed by atoms with van der Waals surface area (Å²) in [5, 5.41) is 14.4. The zero-order valence-corrected chi connectivity index (χ0v) is 53.2. The van der Waals surface area contributed by atoms with E-state index in [-0.39, 0.29) is 28.4 Å². The Morgan fingerprint density at radius 1 is 0.427 bits per heavy atom. The summed E-state index contributed by atoms with van der Waals surface area (Å²) in [6.45, 7) is 30.5. The lowest BCUT2D eigenvalue weighted by Gasteiger charge is -2.50. The Labute approximate surface area is 488 Å². The molecule has 6 heteroatoms. The highest BCUT2D eigenvalue weighted by molar-refractivity contribution is 6.96. The molecule has 0 N–H and O–H groups in total. The van der Waals surface area contributed by atoms with Gasteiger partial charge < -0.3 is 8.80 Å². The first-order chi connectivity index (χ1) is 39.5. The molecule has 2 bridgehead atoms. The molecule has 6 aliphatic rings. The number of hydrogen-bond acceptors (Lipinski definition) is 2. The molecule has 418 valence electrons. The number of rotatable bonds is 8. The van der Waals surface area contributed by atoms with Gasteiger partial charge in [-0.1, -0.05) is 205 Å². The van der Waals surface area contributed by atoms with Crippen LogP contribution in [-0.2, 0) is 10.8 Å². The van der Waals surface area contributed by atoms with Crippen molar-refractivity contribution >= 4 is 108 Å². The summed E-state index contributed by atoms with van der Waals surface area (Å²) in [6.07, 6.45) is 18.2. The molecule has 0 radical (unpaired) electrons. The van der Waals surface area contributed by atoms with Gasteiger partial charge in [-0.2, -0.15) is 0 Å². The van der Waals surface area contributed by atoms with Gasteiger partial charge in [-0.25, -0.2) is 0 Å². The van der Waals surface area contributed by atoms with Crippen molar-refractivity contribution in [3.8, 4) is 0 Å². The molecular formula is C76H85N3OSi2. The molecule has 0 atom stereocenters. The number of carbonyl (C=O) groups is 1. The van der Waals surface area contributed by atoms with Crippen LogP contribution in [0, 0.1) is 0 Å². The number of fused-ring (bicyclic) bond motifs is 16. The fourth-order valence-corrected chi connectivity index (χ4v) is 35.4. The van der Waals surface area contributed by atoms with E-state index in [4.69, 9.17) is 4.98 Å². The monoisotopic (exact) mass is 1110 g/mol.